The third-order valence-corrected chi connectivity index (χ3v) is 3.06. The molecule has 0 atom stereocenters. The van der Waals surface area contributed by atoms with E-state index in [4.69, 9.17) is 22.1 Å². The molecule has 0 fully saturated rings. The molecule has 2 rings (SSSR count). The summed E-state index contributed by atoms with van der Waals surface area (Å²) in [4.78, 5) is 11.8. The monoisotopic (exact) mass is 308 g/mol. The molecule has 0 aliphatic rings. The summed E-state index contributed by atoms with van der Waals surface area (Å²) in [6.07, 6.45) is 0. The highest BCUT2D eigenvalue weighted by atomic mass is 35.5. The third-order valence-electron chi connectivity index (χ3n) is 2.76. The molecule has 0 unspecified atom stereocenters. The smallest absolute Gasteiger partial charge is 0.262 e. The second kappa shape index (κ2) is 7.06. The summed E-state index contributed by atoms with van der Waals surface area (Å²) < 4.78 is 18.8. The average Bonchev–Trinajstić information content (AvgIpc) is 2.48. The molecule has 0 radical (unpaired) electrons. The number of para-hydroxylation sites is 2. The number of carbonyl (C=O) groups excluding carboxylic acids is 1. The largest absolute Gasteiger partial charge is 0.482 e. The van der Waals surface area contributed by atoms with E-state index in [1.807, 2.05) is 0 Å². The molecule has 0 saturated heterocycles. The van der Waals surface area contributed by atoms with E-state index in [0.717, 1.165) is 0 Å². The fourth-order valence-corrected chi connectivity index (χ4v) is 2.01. The fourth-order valence-electron chi connectivity index (χ4n) is 1.76. The minimum absolute atomic E-state index is 0.101. The van der Waals surface area contributed by atoms with Crippen molar-refractivity contribution in [3.05, 3.63) is 58.9 Å². The first-order valence-corrected chi connectivity index (χ1v) is 6.64. The van der Waals surface area contributed by atoms with E-state index in [1.54, 1.807) is 30.3 Å². The van der Waals surface area contributed by atoms with E-state index in [2.05, 4.69) is 5.32 Å². The second-order valence-electron chi connectivity index (χ2n) is 4.25. The van der Waals surface area contributed by atoms with Crippen LogP contribution in [0.15, 0.2) is 42.5 Å². The molecule has 0 spiro atoms. The minimum Gasteiger partial charge on any atom is -0.482 e. The highest BCUT2D eigenvalue weighted by Crippen LogP contribution is 2.28. The van der Waals surface area contributed by atoms with Gasteiger partial charge in [0.1, 0.15) is 11.6 Å². The zero-order valence-corrected chi connectivity index (χ0v) is 11.9. The van der Waals surface area contributed by atoms with Crippen LogP contribution in [0, 0.1) is 5.82 Å². The van der Waals surface area contributed by atoms with Gasteiger partial charge in [-0.1, -0.05) is 35.9 Å². The van der Waals surface area contributed by atoms with Crippen molar-refractivity contribution in [2.75, 3.05) is 11.9 Å². The summed E-state index contributed by atoms with van der Waals surface area (Å²) >= 11 is 6.00. The molecule has 21 heavy (non-hydrogen) atoms. The van der Waals surface area contributed by atoms with Gasteiger partial charge in [0.25, 0.3) is 5.91 Å². The van der Waals surface area contributed by atoms with Crippen LogP contribution in [-0.4, -0.2) is 12.5 Å². The van der Waals surface area contributed by atoms with E-state index in [0.29, 0.717) is 16.3 Å². The minimum atomic E-state index is -0.508. The number of nitrogens with two attached hydrogens (primary N) is 1. The molecule has 110 valence electrons. The van der Waals surface area contributed by atoms with Gasteiger partial charge in [0, 0.05) is 12.1 Å². The predicted octanol–water partition coefficient (Wildman–Crippen LogP) is 2.96. The molecule has 0 bridgehead atoms. The molecular formula is C15H14ClFN2O2. The van der Waals surface area contributed by atoms with E-state index in [-0.39, 0.29) is 18.8 Å². The Morgan fingerprint density at radius 1 is 1.24 bits per heavy atom. The van der Waals surface area contributed by atoms with Crippen LogP contribution in [0.3, 0.4) is 0 Å². The molecule has 0 aliphatic carbocycles. The average molecular weight is 309 g/mol. The van der Waals surface area contributed by atoms with Crippen molar-refractivity contribution in [1.29, 1.82) is 0 Å². The molecule has 3 N–H and O–H groups in total. The predicted molar refractivity (Wildman–Crippen MR) is 79.9 cm³/mol. The number of hydrogen-bond acceptors (Lipinski definition) is 3. The maximum atomic E-state index is 13.4. The Morgan fingerprint density at radius 2 is 2.00 bits per heavy atom. The van der Waals surface area contributed by atoms with Crippen LogP contribution in [0.4, 0.5) is 10.1 Å². The van der Waals surface area contributed by atoms with Crippen LogP contribution >= 0.6 is 11.6 Å². The lowest BCUT2D eigenvalue weighted by molar-refractivity contribution is -0.118. The maximum Gasteiger partial charge on any atom is 0.262 e. The van der Waals surface area contributed by atoms with Crippen molar-refractivity contribution in [2.24, 2.45) is 5.73 Å². The topological polar surface area (TPSA) is 64.3 Å². The van der Waals surface area contributed by atoms with Crippen LogP contribution < -0.4 is 15.8 Å². The first-order chi connectivity index (χ1) is 10.1. The molecule has 0 saturated carbocycles. The van der Waals surface area contributed by atoms with Gasteiger partial charge < -0.3 is 15.8 Å². The molecule has 4 nitrogen and oxygen atoms in total. The van der Waals surface area contributed by atoms with Crippen molar-refractivity contribution in [3.8, 4) is 5.75 Å². The summed E-state index contributed by atoms with van der Waals surface area (Å²) in [7, 11) is 0. The number of carbonyl (C=O) groups is 1. The normalized spacial score (nSPS) is 10.2. The second-order valence-corrected chi connectivity index (χ2v) is 4.66. The van der Waals surface area contributed by atoms with Crippen molar-refractivity contribution in [2.45, 2.75) is 6.54 Å². The lowest BCUT2D eigenvalue weighted by Gasteiger charge is -2.12. The zero-order valence-electron chi connectivity index (χ0n) is 11.1. The number of halogens is 2. The van der Waals surface area contributed by atoms with Crippen molar-refractivity contribution >= 4 is 23.2 Å². The molecular weight excluding hydrogens is 295 g/mol. The van der Waals surface area contributed by atoms with Crippen LogP contribution in [0.2, 0.25) is 5.02 Å². The SMILES string of the molecule is NCc1cccc(Cl)c1OCC(=O)Nc1ccccc1F. The maximum absolute atomic E-state index is 13.4. The molecule has 0 aliphatic heterocycles. The Labute approximate surface area is 126 Å². The van der Waals surface area contributed by atoms with Crippen LogP contribution in [0.25, 0.3) is 0 Å². The zero-order chi connectivity index (χ0) is 15.2. The highest BCUT2D eigenvalue weighted by molar-refractivity contribution is 6.32. The molecule has 0 heterocycles. The molecule has 1 amide bonds. The van der Waals surface area contributed by atoms with Crippen molar-refractivity contribution < 1.29 is 13.9 Å². The third kappa shape index (κ3) is 3.93. The van der Waals surface area contributed by atoms with Gasteiger partial charge in [-0.25, -0.2) is 4.39 Å². The number of benzene rings is 2. The number of rotatable bonds is 5. The Kier molecular flexibility index (Phi) is 5.14. The summed E-state index contributed by atoms with van der Waals surface area (Å²) in [5, 5.41) is 2.80. The Hall–Kier alpha value is -2.11. The molecule has 2 aromatic rings. The fraction of sp³-hybridized carbons (Fsp3) is 0.133. The summed E-state index contributed by atoms with van der Waals surface area (Å²) in [5.41, 5.74) is 6.38. The lowest BCUT2D eigenvalue weighted by atomic mass is 10.2. The molecule has 2 aromatic carbocycles. The first-order valence-electron chi connectivity index (χ1n) is 6.26. The number of ether oxygens (including phenoxy) is 1. The standard InChI is InChI=1S/C15H14ClFN2O2/c16-11-5-3-4-10(8-18)15(11)21-9-14(20)19-13-7-2-1-6-12(13)17/h1-7H,8-9,18H2,(H,19,20). The summed E-state index contributed by atoms with van der Waals surface area (Å²) in [6.45, 7) is -0.0457. The highest BCUT2D eigenvalue weighted by Gasteiger charge is 2.11. The van der Waals surface area contributed by atoms with Gasteiger partial charge in [0.2, 0.25) is 0 Å². The van der Waals surface area contributed by atoms with Gasteiger partial charge in [-0.05, 0) is 18.2 Å². The van der Waals surface area contributed by atoms with Gasteiger partial charge in [0.15, 0.2) is 6.61 Å². The van der Waals surface area contributed by atoms with E-state index in [9.17, 15) is 9.18 Å². The molecule has 0 aromatic heterocycles. The van der Waals surface area contributed by atoms with Gasteiger partial charge in [0.05, 0.1) is 10.7 Å². The number of anilines is 1. The molecule has 6 heteroatoms. The Morgan fingerprint density at radius 3 is 2.71 bits per heavy atom. The number of nitrogens with one attached hydrogen (secondary N) is 1. The van der Waals surface area contributed by atoms with Gasteiger partial charge >= 0.3 is 0 Å². The summed E-state index contributed by atoms with van der Waals surface area (Å²) in [5.74, 6) is -0.625. The van der Waals surface area contributed by atoms with Crippen molar-refractivity contribution in [3.63, 3.8) is 0 Å². The Bertz CT molecular complexity index is 649. The van der Waals surface area contributed by atoms with E-state index >= 15 is 0 Å². The number of amides is 1. The first kappa shape index (κ1) is 15.3. The van der Waals surface area contributed by atoms with Crippen LogP contribution in [0.5, 0.6) is 5.75 Å². The van der Waals surface area contributed by atoms with Crippen LogP contribution in [0.1, 0.15) is 5.56 Å². The van der Waals surface area contributed by atoms with Crippen LogP contribution in [-0.2, 0) is 11.3 Å². The van der Waals surface area contributed by atoms with Gasteiger partial charge in [-0.3, -0.25) is 4.79 Å². The quantitative estimate of drug-likeness (QED) is 0.892. The van der Waals surface area contributed by atoms with E-state index in [1.165, 1.54) is 12.1 Å². The summed E-state index contributed by atoms with van der Waals surface area (Å²) in [6, 6.07) is 11.0. The number of hydrogen-bond donors (Lipinski definition) is 2. The van der Waals surface area contributed by atoms with Gasteiger partial charge in [-0.15, -0.1) is 0 Å². The Balaban J connectivity index is 2.01. The van der Waals surface area contributed by atoms with Gasteiger partial charge in [-0.2, -0.15) is 0 Å². The van der Waals surface area contributed by atoms with Crippen molar-refractivity contribution in [1.82, 2.24) is 0 Å². The van der Waals surface area contributed by atoms with E-state index < -0.39 is 11.7 Å². The lowest BCUT2D eigenvalue weighted by Crippen LogP contribution is -2.21.